The third-order valence-corrected chi connectivity index (χ3v) is 4.68. The van der Waals surface area contributed by atoms with Crippen molar-refractivity contribution >= 4 is 5.97 Å². The number of ether oxygens (including phenoxy) is 1. The number of rotatable bonds is 4. The molecule has 1 N–H and O–H groups in total. The molecule has 3 aliphatic carbocycles. The van der Waals surface area contributed by atoms with Crippen molar-refractivity contribution in [1.29, 1.82) is 0 Å². The van der Waals surface area contributed by atoms with Gasteiger partial charge in [0, 0.05) is 6.04 Å². The first-order chi connectivity index (χ1) is 7.78. The van der Waals surface area contributed by atoms with Gasteiger partial charge in [-0.3, -0.25) is 4.79 Å². The molecule has 0 aromatic heterocycles. The Hall–Kier alpha value is -0.570. The number of carbonyl (C=O) groups excluding carboxylic acids is 1. The SMILES string of the molecule is COC(=O)C(NC1CC2CCC1C2)C1CC1. The van der Waals surface area contributed by atoms with E-state index in [1.807, 2.05) is 0 Å². The first-order valence-corrected chi connectivity index (χ1v) is 6.62. The smallest absolute Gasteiger partial charge is 0.323 e. The molecule has 0 aliphatic heterocycles. The molecule has 0 aromatic rings. The lowest BCUT2D eigenvalue weighted by Crippen LogP contribution is -2.47. The Labute approximate surface area is 96.9 Å². The number of carbonyl (C=O) groups is 1. The van der Waals surface area contributed by atoms with Gasteiger partial charge in [0.2, 0.25) is 0 Å². The molecule has 3 nitrogen and oxygen atoms in total. The summed E-state index contributed by atoms with van der Waals surface area (Å²) in [5.41, 5.74) is 0. The summed E-state index contributed by atoms with van der Waals surface area (Å²) in [5, 5.41) is 3.59. The van der Waals surface area contributed by atoms with E-state index in [1.54, 1.807) is 0 Å². The zero-order valence-corrected chi connectivity index (χ0v) is 9.95. The van der Waals surface area contributed by atoms with E-state index in [0.717, 1.165) is 11.8 Å². The molecule has 2 bridgehead atoms. The van der Waals surface area contributed by atoms with Gasteiger partial charge in [-0.05, 0) is 49.9 Å². The topological polar surface area (TPSA) is 38.3 Å². The Balaban J connectivity index is 1.61. The van der Waals surface area contributed by atoms with Gasteiger partial charge in [-0.2, -0.15) is 0 Å². The minimum Gasteiger partial charge on any atom is -0.468 e. The third-order valence-electron chi connectivity index (χ3n) is 4.68. The van der Waals surface area contributed by atoms with E-state index in [9.17, 15) is 4.79 Å². The van der Waals surface area contributed by atoms with E-state index in [4.69, 9.17) is 4.74 Å². The molecule has 4 atom stereocenters. The summed E-state index contributed by atoms with van der Waals surface area (Å²) < 4.78 is 4.90. The summed E-state index contributed by atoms with van der Waals surface area (Å²) >= 11 is 0. The lowest BCUT2D eigenvalue weighted by Gasteiger charge is -2.27. The molecule has 0 spiro atoms. The minimum absolute atomic E-state index is 0.0191. The monoisotopic (exact) mass is 223 g/mol. The summed E-state index contributed by atoms with van der Waals surface area (Å²) in [6.07, 6.45) is 7.82. The zero-order chi connectivity index (χ0) is 11.1. The van der Waals surface area contributed by atoms with Crippen LogP contribution in [0.15, 0.2) is 0 Å². The number of hydrogen-bond donors (Lipinski definition) is 1. The lowest BCUT2D eigenvalue weighted by atomic mass is 9.94. The van der Waals surface area contributed by atoms with Gasteiger partial charge in [-0.1, -0.05) is 6.42 Å². The second-order valence-corrected chi connectivity index (χ2v) is 5.79. The van der Waals surface area contributed by atoms with E-state index >= 15 is 0 Å². The highest BCUT2D eigenvalue weighted by Crippen LogP contribution is 2.45. The average molecular weight is 223 g/mol. The van der Waals surface area contributed by atoms with Crippen molar-refractivity contribution in [3.8, 4) is 0 Å². The molecule has 3 fully saturated rings. The Kier molecular flexibility index (Phi) is 2.66. The minimum atomic E-state index is -0.0507. The van der Waals surface area contributed by atoms with Gasteiger partial charge in [0.15, 0.2) is 0 Å². The van der Waals surface area contributed by atoms with Crippen LogP contribution in [0.4, 0.5) is 0 Å². The van der Waals surface area contributed by atoms with E-state index in [2.05, 4.69) is 5.32 Å². The van der Waals surface area contributed by atoms with Crippen LogP contribution in [0.25, 0.3) is 0 Å². The van der Waals surface area contributed by atoms with Gasteiger partial charge in [0.05, 0.1) is 7.11 Å². The second kappa shape index (κ2) is 4.02. The Bertz CT molecular complexity index is 288. The summed E-state index contributed by atoms with van der Waals surface area (Å²) in [4.78, 5) is 11.7. The van der Waals surface area contributed by atoms with Crippen molar-refractivity contribution in [3.63, 3.8) is 0 Å². The van der Waals surface area contributed by atoms with Gasteiger partial charge in [-0.15, -0.1) is 0 Å². The van der Waals surface area contributed by atoms with Crippen LogP contribution in [0, 0.1) is 17.8 Å². The number of esters is 1. The molecular weight excluding hydrogens is 202 g/mol. The van der Waals surface area contributed by atoms with Gasteiger partial charge in [0.25, 0.3) is 0 Å². The van der Waals surface area contributed by atoms with Crippen LogP contribution in [0.2, 0.25) is 0 Å². The molecular formula is C13H21NO2. The fourth-order valence-corrected chi connectivity index (χ4v) is 3.63. The van der Waals surface area contributed by atoms with E-state index < -0.39 is 0 Å². The summed E-state index contributed by atoms with van der Waals surface area (Å²) in [5.74, 6) is 2.26. The first kappa shape index (κ1) is 10.6. The molecule has 0 amide bonds. The normalized spacial score (nSPS) is 38.7. The largest absolute Gasteiger partial charge is 0.468 e. The molecule has 0 heterocycles. The first-order valence-electron chi connectivity index (χ1n) is 6.62. The van der Waals surface area contributed by atoms with Crippen LogP contribution < -0.4 is 5.32 Å². The van der Waals surface area contributed by atoms with Crippen molar-refractivity contribution in [1.82, 2.24) is 5.32 Å². The van der Waals surface area contributed by atoms with Gasteiger partial charge < -0.3 is 10.1 Å². The second-order valence-electron chi connectivity index (χ2n) is 5.79. The maximum Gasteiger partial charge on any atom is 0.323 e. The van der Waals surface area contributed by atoms with E-state index in [0.29, 0.717) is 12.0 Å². The lowest BCUT2D eigenvalue weighted by molar-refractivity contribution is -0.144. The number of fused-ring (bicyclic) bond motifs is 2. The van der Waals surface area contributed by atoms with Gasteiger partial charge in [0.1, 0.15) is 6.04 Å². The standard InChI is InChI=1S/C13H21NO2/c1-16-13(15)12(9-4-5-9)14-11-7-8-2-3-10(11)6-8/h8-12,14H,2-7H2,1H3. The molecule has 0 radical (unpaired) electrons. The predicted octanol–water partition coefficient (Wildman–Crippen LogP) is 1.72. The van der Waals surface area contributed by atoms with Gasteiger partial charge >= 0.3 is 5.97 Å². The molecule has 3 rings (SSSR count). The molecule has 3 aliphatic rings. The van der Waals surface area contributed by atoms with Crippen LogP contribution in [0.3, 0.4) is 0 Å². The molecule has 0 saturated heterocycles. The highest BCUT2D eigenvalue weighted by molar-refractivity contribution is 5.76. The van der Waals surface area contributed by atoms with E-state index in [-0.39, 0.29) is 12.0 Å². The number of nitrogens with one attached hydrogen (secondary N) is 1. The maximum atomic E-state index is 11.7. The number of hydrogen-bond acceptors (Lipinski definition) is 3. The van der Waals surface area contributed by atoms with Crippen molar-refractivity contribution in [2.75, 3.05) is 7.11 Å². The summed E-state index contributed by atoms with van der Waals surface area (Å²) in [6.45, 7) is 0. The quantitative estimate of drug-likeness (QED) is 0.737. The third kappa shape index (κ3) is 1.86. The number of methoxy groups -OCH3 is 1. The fourth-order valence-electron chi connectivity index (χ4n) is 3.63. The Morgan fingerprint density at radius 2 is 2.06 bits per heavy atom. The molecule has 0 aromatic carbocycles. The van der Waals surface area contributed by atoms with Crippen LogP contribution in [0.5, 0.6) is 0 Å². The van der Waals surface area contributed by atoms with Crippen molar-refractivity contribution < 1.29 is 9.53 Å². The maximum absolute atomic E-state index is 11.7. The molecule has 3 heteroatoms. The fraction of sp³-hybridized carbons (Fsp3) is 0.923. The van der Waals surface area contributed by atoms with E-state index in [1.165, 1.54) is 45.6 Å². The van der Waals surface area contributed by atoms with Crippen LogP contribution >= 0.6 is 0 Å². The van der Waals surface area contributed by atoms with Crippen molar-refractivity contribution in [2.45, 2.75) is 50.6 Å². The van der Waals surface area contributed by atoms with Crippen LogP contribution in [-0.2, 0) is 9.53 Å². The summed E-state index contributed by atoms with van der Waals surface area (Å²) in [6, 6.07) is 0.567. The molecule has 3 saturated carbocycles. The zero-order valence-electron chi connectivity index (χ0n) is 9.95. The highest BCUT2D eigenvalue weighted by atomic mass is 16.5. The molecule has 4 unspecified atom stereocenters. The van der Waals surface area contributed by atoms with Crippen molar-refractivity contribution in [3.05, 3.63) is 0 Å². The van der Waals surface area contributed by atoms with Crippen molar-refractivity contribution in [2.24, 2.45) is 17.8 Å². The average Bonchev–Trinajstić information content (AvgIpc) is 2.93. The Morgan fingerprint density at radius 3 is 2.56 bits per heavy atom. The Morgan fingerprint density at radius 1 is 1.25 bits per heavy atom. The molecule has 90 valence electrons. The van der Waals surface area contributed by atoms with Gasteiger partial charge in [-0.25, -0.2) is 0 Å². The predicted molar refractivity (Wildman–Crippen MR) is 60.9 cm³/mol. The highest BCUT2D eigenvalue weighted by Gasteiger charge is 2.44. The van der Waals surface area contributed by atoms with Crippen LogP contribution in [0.1, 0.15) is 38.5 Å². The summed E-state index contributed by atoms with van der Waals surface area (Å²) in [7, 11) is 1.50. The molecule has 16 heavy (non-hydrogen) atoms. The van der Waals surface area contributed by atoms with Crippen LogP contribution in [-0.4, -0.2) is 25.2 Å².